The molecule has 1 aliphatic rings. The molecule has 0 radical (unpaired) electrons. The highest BCUT2D eigenvalue weighted by Crippen LogP contribution is 2.35. The predicted molar refractivity (Wildman–Crippen MR) is 83.2 cm³/mol. The van der Waals surface area contributed by atoms with Crippen molar-refractivity contribution in [2.75, 3.05) is 6.54 Å². The van der Waals surface area contributed by atoms with Gasteiger partial charge in [0.15, 0.2) is 0 Å². The third-order valence-electron chi connectivity index (χ3n) is 4.19. The molecule has 2 heterocycles. The third-order valence-corrected chi connectivity index (χ3v) is 4.42. The first kappa shape index (κ1) is 13.7. The molecule has 2 aromatic carbocycles. The smallest absolute Gasteiger partial charge is 0.131 e. The number of fused-ring (bicyclic) bond motifs is 3. The number of nitrogens with one attached hydrogen (secondary N) is 2. The molecule has 0 saturated heterocycles. The van der Waals surface area contributed by atoms with Crippen LogP contribution in [0.25, 0.3) is 10.9 Å². The molecule has 0 aliphatic carbocycles. The second-order valence-corrected chi connectivity index (χ2v) is 5.95. The van der Waals surface area contributed by atoms with Crippen LogP contribution in [0.3, 0.4) is 0 Å². The zero-order valence-electron chi connectivity index (χ0n) is 11.6. The van der Waals surface area contributed by atoms with E-state index >= 15 is 0 Å². The maximum absolute atomic E-state index is 14.1. The van der Waals surface area contributed by atoms with Crippen molar-refractivity contribution in [3.8, 4) is 0 Å². The lowest BCUT2D eigenvalue weighted by Gasteiger charge is -2.25. The summed E-state index contributed by atoms with van der Waals surface area (Å²) in [4.78, 5) is 3.35. The number of hydrogen-bond donors (Lipinski definition) is 2. The molecule has 1 unspecified atom stereocenters. The van der Waals surface area contributed by atoms with E-state index < -0.39 is 11.6 Å². The minimum Gasteiger partial charge on any atom is -0.357 e. The van der Waals surface area contributed by atoms with E-state index in [-0.39, 0.29) is 6.04 Å². The van der Waals surface area contributed by atoms with E-state index in [0.717, 1.165) is 41.2 Å². The van der Waals surface area contributed by atoms with Gasteiger partial charge in [0.2, 0.25) is 0 Å². The van der Waals surface area contributed by atoms with Crippen molar-refractivity contribution in [2.45, 2.75) is 12.5 Å². The van der Waals surface area contributed by atoms with E-state index in [1.165, 1.54) is 12.1 Å². The molecule has 0 fully saturated rings. The van der Waals surface area contributed by atoms with Gasteiger partial charge in [0.1, 0.15) is 11.6 Å². The number of H-pyrrole nitrogens is 1. The first-order valence-electron chi connectivity index (χ1n) is 7.12. The summed E-state index contributed by atoms with van der Waals surface area (Å²) in [6.07, 6.45) is 0.842. The summed E-state index contributed by atoms with van der Waals surface area (Å²) in [5.41, 5.74) is 3.49. The minimum atomic E-state index is -0.569. The molecule has 3 aromatic rings. The summed E-state index contributed by atoms with van der Waals surface area (Å²) in [6, 6.07) is 9.07. The van der Waals surface area contributed by atoms with E-state index in [1.54, 1.807) is 0 Å². The molecule has 1 atom stereocenters. The Hall–Kier alpha value is -1.91. The van der Waals surface area contributed by atoms with Crippen molar-refractivity contribution < 1.29 is 8.78 Å². The van der Waals surface area contributed by atoms with Crippen LogP contribution in [-0.2, 0) is 6.42 Å². The van der Waals surface area contributed by atoms with E-state index in [9.17, 15) is 8.78 Å². The summed E-state index contributed by atoms with van der Waals surface area (Å²) in [7, 11) is 0. The molecule has 22 heavy (non-hydrogen) atoms. The topological polar surface area (TPSA) is 27.8 Å². The van der Waals surface area contributed by atoms with Crippen molar-refractivity contribution >= 4 is 22.5 Å². The number of aromatic nitrogens is 1. The molecule has 0 amide bonds. The molecule has 0 bridgehead atoms. The molecule has 0 saturated carbocycles. The van der Waals surface area contributed by atoms with Gasteiger partial charge in [-0.1, -0.05) is 17.7 Å². The largest absolute Gasteiger partial charge is 0.357 e. The maximum Gasteiger partial charge on any atom is 0.131 e. The normalized spacial score (nSPS) is 17.7. The van der Waals surface area contributed by atoms with Crippen LogP contribution in [0.4, 0.5) is 8.78 Å². The lowest BCUT2D eigenvalue weighted by Crippen LogP contribution is -2.31. The van der Waals surface area contributed by atoms with Gasteiger partial charge in [-0.15, -0.1) is 0 Å². The Labute approximate surface area is 131 Å². The van der Waals surface area contributed by atoms with E-state index in [2.05, 4.69) is 10.3 Å². The Balaban J connectivity index is 1.90. The van der Waals surface area contributed by atoms with Crippen molar-refractivity contribution in [3.63, 3.8) is 0 Å². The van der Waals surface area contributed by atoms with Crippen LogP contribution < -0.4 is 5.32 Å². The summed E-state index contributed by atoms with van der Waals surface area (Å²) in [5.74, 6) is -1.11. The van der Waals surface area contributed by atoms with Gasteiger partial charge in [0.25, 0.3) is 0 Å². The fourth-order valence-electron chi connectivity index (χ4n) is 3.20. The van der Waals surface area contributed by atoms with Crippen LogP contribution in [0.2, 0.25) is 5.02 Å². The lowest BCUT2D eigenvalue weighted by atomic mass is 9.94. The van der Waals surface area contributed by atoms with Crippen molar-refractivity contribution in [1.29, 1.82) is 0 Å². The van der Waals surface area contributed by atoms with Crippen LogP contribution in [0.15, 0.2) is 36.4 Å². The van der Waals surface area contributed by atoms with Crippen LogP contribution in [0, 0.1) is 11.6 Å². The summed E-state index contributed by atoms with van der Waals surface area (Å²) in [6.45, 7) is 0.730. The van der Waals surface area contributed by atoms with Crippen LogP contribution >= 0.6 is 11.6 Å². The first-order chi connectivity index (χ1) is 10.6. The van der Waals surface area contributed by atoms with Crippen LogP contribution in [0.5, 0.6) is 0 Å². The van der Waals surface area contributed by atoms with E-state index in [1.807, 2.05) is 18.2 Å². The summed E-state index contributed by atoms with van der Waals surface area (Å²) in [5, 5.41) is 5.05. The fraction of sp³-hybridized carbons (Fsp3) is 0.176. The van der Waals surface area contributed by atoms with Gasteiger partial charge in [-0.3, -0.25) is 0 Å². The van der Waals surface area contributed by atoms with Crippen molar-refractivity contribution in [2.24, 2.45) is 0 Å². The van der Waals surface area contributed by atoms with E-state index in [4.69, 9.17) is 11.6 Å². The highest BCUT2D eigenvalue weighted by Gasteiger charge is 2.27. The van der Waals surface area contributed by atoms with Crippen molar-refractivity contribution in [3.05, 3.63) is 69.9 Å². The Morgan fingerprint density at radius 2 is 1.95 bits per heavy atom. The number of benzene rings is 2. The monoisotopic (exact) mass is 318 g/mol. The van der Waals surface area contributed by atoms with Crippen LogP contribution in [0.1, 0.15) is 22.9 Å². The van der Waals surface area contributed by atoms with E-state index in [0.29, 0.717) is 10.6 Å². The molecule has 112 valence electrons. The lowest BCUT2D eigenvalue weighted by molar-refractivity contribution is 0.514. The molecule has 1 aromatic heterocycles. The Bertz CT molecular complexity index is 872. The molecule has 1 aliphatic heterocycles. The van der Waals surface area contributed by atoms with Crippen molar-refractivity contribution in [1.82, 2.24) is 10.3 Å². The first-order valence-corrected chi connectivity index (χ1v) is 7.49. The van der Waals surface area contributed by atoms with Gasteiger partial charge in [0.05, 0.1) is 6.04 Å². The molecule has 0 spiro atoms. The zero-order chi connectivity index (χ0) is 15.3. The molecule has 4 rings (SSSR count). The maximum atomic E-state index is 14.1. The zero-order valence-corrected chi connectivity index (χ0v) is 12.3. The average Bonchev–Trinajstić information content (AvgIpc) is 2.85. The Kier molecular flexibility index (Phi) is 3.17. The predicted octanol–water partition coefficient (Wildman–Crippen LogP) is 4.33. The van der Waals surface area contributed by atoms with Gasteiger partial charge in [-0.05, 0) is 36.2 Å². The average molecular weight is 319 g/mol. The highest BCUT2D eigenvalue weighted by atomic mass is 35.5. The second kappa shape index (κ2) is 5.07. The van der Waals surface area contributed by atoms with Gasteiger partial charge in [-0.2, -0.15) is 0 Å². The molecule has 2 N–H and O–H groups in total. The molecule has 2 nitrogen and oxygen atoms in total. The summed E-state index contributed by atoms with van der Waals surface area (Å²) < 4.78 is 27.3. The molecule has 5 heteroatoms. The summed E-state index contributed by atoms with van der Waals surface area (Å²) >= 11 is 6.08. The number of aromatic amines is 1. The Morgan fingerprint density at radius 3 is 2.77 bits per heavy atom. The minimum absolute atomic E-state index is 0.310. The Morgan fingerprint density at radius 1 is 1.09 bits per heavy atom. The van der Waals surface area contributed by atoms with Gasteiger partial charge in [-0.25, -0.2) is 8.78 Å². The molecular formula is C17H13ClF2N2. The number of rotatable bonds is 1. The standard InChI is InChI=1S/C17H13ClF2N2/c18-9-1-4-15-13(7-9)11-5-6-21-16(17(11)22-15)12-3-2-10(19)8-14(12)20/h1-4,7-8,16,21-22H,5-6H2. The van der Waals surface area contributed by atoms with Crippen LogP contribution in [-0.4, -0.2) is 11.5 Å². The number of hydrogen-bond acceptors (Lipinski definition) is 1. The fourth-order valence-corrected chi connectivity index (χ4v) is 3.37. The number of halogens is 3. The quantitative estimate of drug-likeness (QED) is 0.686. The second-order valence-electron chi connectivity index (χ2n) is 5.51. The van der Waals surface area contributed by atoms with Gasteiger partial charge >= 0.3 is 0 Å². The SMILES string of the molecule is Fc1ccc(C2NCCc3c2[nH]c2ccc(Cl)cc32)c(F)c1. The third kappa shape index (κ3) is 2.11. The highest BCUT2D eigenvalue weighted by molar-refractivity contribution is 6.31. The van der Waals surface area contributed by atoms with Gasteiger partial charge < -0.3 is 10.3 Å². The van der Waals surface area contributed by atoms with Gasteiger partial charge in [0, 0.05) is 39.8 Å². The molecular weight excluding hydrogens is 306 g/mol.